The Kier molecular flexibility index (Phi) is 2.68. The van der Waals surface area contributed by atoms with Crippen LogP contribution in [0.15, 0.2) is 36.8 Å². The monoisotopic (exact) mass is 220 g/mol. The summed E-state index contributed by atoms with van der Waals surface area (Å²) in [6.07, 6.45) is 3.42. The second-order valence-corrected chi connectivity index (χ2v) is 3.05. The molecule has 0 bridgehead atoms. The van der Waals surface area contributed by atoms with Gasteiger partial charge in [0.25, 0.3) is 0 Å². The van der Waals surface area contributed by atoms with Crippen molar-refractivity contribution < 1.29 is 13.6 Å². The van der Waals surface area contributed by atoms with Crippen LogP contribution >= 0.6 is 0 Å². The van der Waals surface area contributed by atoms with Gasteiger partial charge in [0.1, 0.15) is 11.5 Å². The molecule has 80 valence electrons. The second kappa shape index (κ2) is 4.14. The Hall–Kier alpha value is -2.17. The first-order valence-corrected chi connectivity index (χ1v) is 4.44. The third-order valence-corrected chi connectivity index (χ3v) is 1.94. The fourth-order valence-electron chi connectivity index (χ4n) is 1.23. The van der Waals surface area contributed by atoms with Gasteiger partial charge in [-0.2, -0.15) is 0 Å². The van der Waals surface area contributed by atoms with Crippen LogP contribution in [0, 0.1) is 11.6 Å². The van der Waals surface area contributed by atoms with Crippen LogP contribution in [0.1, 0.15) is 16.1 Å². The SMILES string of the molecule is O=C(c1cncc(F)c1)c1ncccc1F. The molecule has 0 radical (unpaired) electrons. The average Bonchev–Trinajstić information content (AvgIpc) is 2.29. The zero-order valence-corrected chi connectivity index (χ0v) is 8.02. The second-order valence-electron chi connectivity index (χ2n) is 3.05. The van der Waals surface area contributed by atoms with E-state index in [1.807, 2.05) is 0 Å². The number of hydrogen-bond donors (Lipinski definition) is 0. The lowest BCUT2D eigenvalue weighted by molar-refractivity contribution is 0.102. The molecule has 16 heavy (non-hydrogen) atoms. The highest BCUT2D eigenvalue weighted by molar-refractivity contribution is 6.07. The molecule has 0 saturated carbocycles. The van der Waals surface area contributed by atoms with E-state index in [9.17, 15) is 13.6 Å². The van der Waals surface area contributed by atoms with E-state index in [4.69, 9.17) is 0 Å². The van der Waals surface area contributed by atoms with E-state index in [0.717, 1.165) is 18.3 Å². The van der Waals surface area contributed by atoms with Gasteiger partial charge in [-0.25, -0.2) is 13.8 Å². The van der Waals surface area contributed by atoms with Gasteiger partial charge < -0.3 is 0 Å². The van der Waals surface area contributed by atoms with Gasteiger partial charge in [-0.05, 0) is 18.2 Å². The number of aromatic nitrogens is 2. The Morgan fingerprint density at radius 3 is 2.75 bits per heavy atom. The fourth-order valence-corrected chi connectivity index (χ4v) is 1.23. The van der Waals surface area contributed by atoms with Crippen molar-refractivity contribution in [1.82, 2.24) is 9.97 Å². The molecular formula is C11H6F2N2O. The van der Waals surface area contributed by atoms with Crippen LogP contribution in [0.2, 0.25) is 0 Å². The lowest BCUT2D eigenvalue weighted by Crippen LogP contribution is -2.07. The van der Waals surface area contributed by atoms with Crippen molar-refractivity contribution >= 4 is 5.78 Å². The Morgan fingerprint density at radius 2 is 2.06 bits per heavy atom. The summed E-state index contributed by atoms with van der Waals surface area (Å²) in [7, 11) is 0. The molecule has 0 atom stereocenters. The zero-order chi connectivity index (χ0) is 11.5. The molecule has 2 rings (SSSR count). The van der Waals surface area contributed by atoms with Crippen molar-refractivity contribution in [3.63, 3.8) is 0 Å². The van der Waals surface area contributed by atoms with Crippen LogP contribution in [0.5, 0.6) is 0 Å². The first-order valence-electron chi connectivity index (χ1n) is 4.44. The van der Waals surface area contributed by atoms with Crippen molar-refractivity contribution in [2.45, 2.75) is 0 Å². The number of hydrogen-bond acceptors (Lipinski definition) is 3. The highest BCUT2D eigenvalue weighted by Crippen LogP contribution is 2.10. The molecular weight excluding hydrogens is 214 g/mol. The van der Waals surface area contributed by atoms with E-state index in [1.165, 1.54) is 18.5 Å². The Morgan fingerprint density at radius 1 is 1.25 bits per heavy atom. The van der Waals surface area contributed by atoms with Crippen molar-refractivity contribution in [2.75, 3.05) is 0 Å². The van der Waals surface area contributed by atoms with Crippen LogP contribution in [0.4, 0.5) is 8.78 Å². The Labute approximate surface area is 89.8 Å². The van der Waals surface area contributed by atoms with Gasteiger partial charge in [0.15, 0.2) is 5.82 Å². The Bertz CT molecular complexity index is 543. The molecule has 5 heteroatoms. The topological polar surface area (TPSA) is 42.9 Å². The summed E-state index contributed by atoms with van der Waals surface area (Å²) in [4.78, 5) is 18.8. The molecule has 0 aromatic carbocycles. The highest BCUT2D eigenvalue weighted by atomic mass is 19.1. The summed E-state index contributed by atoms with van der Waals surface area (Å²) >= 11 is 0. The highest BCUT2D eigenvalue weighted by Gasteiger charge is 2.15. The van der Waals surface area contributed by atoms with Crippen LogP contribution in [0.3, 0.4) is 0 Å². The lowest BCUT2D eigenvalue weighted by Gasteiger charge is -2.00. The quantitative estimate of drug-likeness (QED) is 0.727. The molecule has 0 aliphatic carbocycles. The van der Waals surface area contributed by atoms with E-state index in [-0.39, 0.29) is 11.3 Å². The standard InChI is InChI=1S/C11H6F2N2O/c12-8-4-7(5-14-6-8)11(16)10-9(13)2-1-3-15-10/h1-6H. The van der Waals surface area contributed by atoms with Gasteiger partial charge in [-0.3, -0.25) is 9.78 Å². The Balaban J connectivity index is 2.44. The molecule has 0 aliphatic heterocycles. The number of carbonyl (C=O) groups excluding carboxylic acids is 1. The van der Waals surface area contributed by atoms with Gasteiger partial charge in [-0.1, -0.05) is 0 Å². The van der Waals surface area contributed by atoms with Crippen molar-refractivity contribution in [2.24, 2.45) is 0 Å². The third-order valence-electron chi connectivity index (χ3n) is 1.94. The summed E-state index contributed by atoms with van der Waals surface area (Å²) < 4.78 is 26.0. The molecule has 0 N–H and O–H groups in total. The normalized spacial score (nSPS) is 10.1. The van der Waals surface area contributed by atoms with E-state index in [2.05, 4.69) is 9.97 Å². The third kappa shape index (κ3) is 1.93. The van der Waals surface area contributed by atoms with Gasteiger partial charge >= 0.3 is 0 Å². The van der Waals surface area contributed by atoms with E-state index in [1.54, 1.807) is 0 Å². The molecule has 0 amide bonds. The number of carbonyl (C=O) groups is 1. The number of nitrogens with zero attached hydrogens (tertiary/aromatic N) is 2. The molecule has 0 saturated heterocycles. The smallest absolute Gasteiger partial charge is 0.216 e. The van der Waals surface area contributed by atoms with Crippen molar-refractivity contribution in [3.05, 3.63) is 59.7 Å². The summed E-state index contributed by atoms with van der Waals surface area (Å²) in [5, 5.41) is 0. The lowest BCUT2D eigenvalue weighted by atomic mass is 10.1. The summed E-state index contributed by atoms with van der Waals surface area (Å²) in [6, 6.07) is 3.48. The van der Waals surface area contributed by atoms with Crippen LogP contribution in [-0.4, -0.2) is 15.8 Å². The molecule has 3 nitrogen and oxygen atoms in total. The summed E-state index contributed by atoms with van der Waals surface area (Å²) in [5.41, 5.74) is -0.368. The van der Waals surface area contributed by atoms with Crippen molar-refractivity contribution in [3.8, 4) is 0 Å². The number of rotatable bonds is 2. The molecule has 0 fully saturated rings. The molecule has 2 aromatic heterocycles. The van der Waals surface area contributed by atoms with E-state index < -0.39 is 17.4 Å². The van der Waals surface area contributed by atoms with Gasteiger partial charge in [0.05, 0.1) is 6.20 Å². The van der Waals surface area contributed by atoms with Crippen LogP contribution < -0.4 is 0 Å². The average molecular weight is 220 g/mol. The molecule has 0 aliphatic rings. The minimum absolute atomic E-state index is 0.0300. The maximum absolute atomic E-state index is 13.2. The largest absolute Gasteiger partial charge is 0.287 e. The summed E-state index contributed by atoms with van der Waals surface area (Å²) in [6.45, 7) is 0. The number of pyridine rings is 2. The first-order chi connectivity index (χ1) is 7.68. The molecule has 2 heterocycles. The van der Waals surface area contributed by atoms with E-state index in [0.29, 0.717) is 0 Å². The van der Waals surface area contributed by atoms with Gasteiger partial charge in [-0.15, -0.1) is 0 Å². The number of ketones is 1. The predicted molar refractivity (Wildman–Crippen MR) is 51.8 cm³/mol. The maximum Gasteiger partial charge on any atom is 0.216 e. The van der Waals surface area contributed by atoms with E-state index >= 15 is 0 Å². The van der Waals surface area contributed by atoms with Crippen LogP contribution in [0.25, 0.3) is 0 Å². The molecule has 2 aromatic rings. The predicted octanol–water partition coefficient (Wildman–Crippen LogP) is 1.99. The molecule has 0 spiro atoms. The fraction of sp³-hybridized carbons (Fsp3) is 0. The minimum Gasteiger partial charge on any atom is -0.287 e. The van der Waals surface area contributed by atoms with Crippen molar-refractivity contribution in [1.29, 1.82) is 0 Å². The van der Waals surface area contributed by atoms with Gasteiger partial charge in [0.2, 0.25) is 5.78 Å². The molecule has 0 unspecified atom stereocenters. The maximum atomic E-state index is 13.2. The minimum atomic E-state index is -0.739. The first kappa shape index (κ1) is 10.4. The summed E-state index contributed by atoms with van der Waals surface area (Å²) in [5.74, 6) is -2.08. The number of halogens is 2. The van der Waals surface area contributed by atoms with Gasteiger partial charge in [0, 0.05) is 18.0 Å². The van der Waals surface area contributed by atoms with Crippen LogP contribution in [-0.2, 0) is 0 Å². The zero-order valence-electron chi connectivity index (χ0n) is 8.02.